The van der Waals surface area contributed by atoms with E-state index in [0.29, 0.717) is 0 Å². The molecule has 0 amide bonds. The Kier molecular flexibility index (Phi) is 10.2. The molecule has 4 heteroatoms. The summed E-state index contributed by atoms with van der Waals surface area (Å²) in [4.78, 5) is 0. The summed E-state index contributed by atoms with van der Waals surface area (Å²) in [6.45, 7) is 4.21. The van der Waals surface area contributed by atoms with E-state index in [2.05, 4.69) is 95.6 Å². The van der Waals surface area contributed by atoms with Crippen LogP contribution >= 0.6 is 24.8 Å². The van der Waals surface area contributed by atoms with Crippen LogP contribution in [0.5, 0.6) is 0 Å². The zero-order chi connectivity index (χ0) is 21.6. The number of benzene rings is 4. The predicted octanol–water partition coefficient (Wildman–Crippen LogP) is 7.52. The van der Waals surface area contributed by atoms with E-state index in [1.807, 2.05) is 0 Å². The van der Waals surface area contributed by atoms with Crippen LogP contribution in [-0.2, 0) is 13.1 Å². The van der Waals surface area contributed by atoms with Crippen LogP contribution < -0.4 is 10.6 Å². The van der Waals surface area contributed by atoms with Gasteiger partial charge in [-0.2, -0.15) is 0 Å². The summed E-state index contributed by atoms with van der Waals surface area (Å²) in [5.41, 5.74) is 2.82. The van der Waals surface area contributed by atoms with Crippen molar-refractivity contribution in [2.75, 3.05) is 13.1 Å². The molecule has 2 nitrogen and oxygen atoms in total. The van der Waals surface area contributed by atoms with Crippen molar-refractivity contribution < 1.29 is 0 Å². The fourth-order valence-corrected chi connectivity index (χ4v) is 5.35. The van der Waals surface area contributed by atoms with Gasteiger partial charge in [0.1, 0.15) is 0 Å². The number of hydrogen-bond donors (Lipinski definition) is 2. The second-order valence-electron chi connectivity index (χ2n) is 9.43. The van der Waals surface area contributed by atoms with Crippen molar-refractivity contribution in [3.05, 3.63) is 96.1 Å². The quantitative estimate of drug-likeness (QED) is 0.264. The maximum atomic E-state index is 3.74. The molecule has 34 heavy (non-hydrogen) atoms. The third kappa shape index (κ3) is 6.52. The van der Waals surface area contributed by atoms with Crippen LogP contribution in [0.1, 0.15) is 36.8 Å². The van der Waals surface area contributed by atoms with Crippen LogP contribution in [0.2, 0.25) is 0 Å². The summed E-state index contributed by atoms with van der Waals surface area (Å²) >= 11 is 0. The Morgan fingerprint density at radius 3 is 1.32 bits per heavy atom. The van der Waals surface area contributed by atoms with E-state index in [4.69, 9.17) is 0 Å². The molecule has 0 bridgehead atoms. The summed E-state index contributed by atoms with van der Waals surface area (Å²) < 4.78 is 0. The lowest BCUT2D eigenvalue weighted by molar-refractivity contribution is 0.261. The van der Waals surface area contributed by atoms with E-state index in [0.717, 1.165) is 38.0 Å². The summed E-state index contributed by atoms with van der Waals surface area (Å²) in [7, 11) is 0. The molecule has 1 fully saturated rings. The molecule has 0 radical (unpaired) electrons. The third-order valence-electron chi connectivity index (χ3n) is 7.22. The number of fused-ring (bicyclic) bond motifs is 2. The monoisotopic (exact) mass is 494 g/mol. The van der Waals surface area contributed by atoms with Crippen molar-refractivity contribution in [3.63, 3.8) is 0 Å². The first-order valence-electron chi connectivity index (χ1n) is 12.2. The molecule has 0 unspecified atom stereocenters. The molecule has 2 N–H and O–H groups in total. The zero-order valence-electron chi connectivity index (χ0n) is 19.7. The van der Waals surface area contributed by atoms with Gasteiger partial charge in [0.2, 0.25) is 0 Å². The molecule has 4 aromatic rings. The lowest BCUT2D eigenvalue weighted by atomic mass is 9.82. The highest BCUT2D eigenvalue weighted by atomic mass is 35.5. The Balaban J connectivity index is 0.00000162. The second kappa shape index (κ2) is 13.1. The smallest absolute Gasteiger partial charge is 0.0211 e. The molecule has 0 atom stereocenters. The molecular weight excluding hydrogens is 459 g/mol. The average Bonchev–Trinajstić information content (AvgIpc) is 2.85. The van der Waals surface area contributed by atoms with Gasteiger partial charge >= 0.3 is 0 Å². The van der Waals surface area contributed by atoms with E-state index in [-0.39, 0.29) is 24.8 Å². The molecule has 0 saturated heterocycles. The van der Waals surface area contributed by atoms with Crippen LogP contribution in [0.15, 0.2) is 84.9 Å². The minimum absolute atomic E-state index is 0. The molecule has 1 saturated carbocycles. The van der Waals surface area contributed by atoms with E-state index >= 15 is 0 Å². The minimum atomic E-state index is 0. The van der Waals surface area contributed by atoms with Gasteiger partial charge in [0.25, 0.3) is 0 Å². The SMILES string of the molecule is Cl.Cl.c1ccc2c(CNCC3CCC(CNCc4cccc5ccccc45)CC3)cccc2c1. The highest BCUT2D eigenvalue weighted by Gasteiger charge is 2.20. The highest BCUT2D eigenvalue weighted by molar-refractivity contribution is 5.86. The summed E-state index contributed by atoms with van der Waals surface area (Å²) in [5.74, 6) is 1.64. The maximum Gasteiger partial charge on any atom is 0.0211 e. The van der Waals surface area contributed by atoms with Gasteiger partial charge in [0.05, 0.1) is 0 Å². The molecule has 0 aliphatic heterocycles. The van der Waals surface area contributed by atoms with Crippen molar-refractivity contribution in [2.24, 2.45) is 11.8 Å². The molecular formula is C30H36Cl2N2. The largest absolute Gasteiger partial charge is 0.312 e. The first-order valence-corrected chi connectivity index (χ1v) is 12.2. The van der Waals surface area contributed by atoms with Crippen LogP contribution in [0, 0.1) is 11.8 Å². The second-order valence-corrected chi connectivity index (χ2v) is 9.43. The summed E-state index contributed by atoms with van der Waals surface area (Å²) in [5, 5.41) is 12.9. The van der Waals surface area contributed by atoms with Gasteiger partial charge in [0.15, 0.2) is 0 Å². The van der Waals surface area contributed by atoms with Crippen LogP contribution in [0.4, 0.5) is 0 Å². The molecule has 0 spiro atoms. The van der Waals surface area contributed by atoms with E-state index < -0.39 is 0 Å². The Morgan fingerprint density at radius 1 is 0.500 bits per heavy atom. The van der Waals surface area contributed by atoms with Gasteiger partial charge in [-0.05, 0) is 83.3 Å². The molecule has 5 rings (SSSR count). The average molecular weight is 496 g/mol. The van der Waals surface area contributed by atoms with Crippen molar-refractivity contribution in [2.45, 2.75) is 38.8 Å². The zero-order valence-corrected chi connectivity index (χ0v) is 21.3. The maximum absolute atomic E-state index is 3.74. The molecule has 1 aliphatic rings. The Labute approximate surface area is 216 Å². The lowest BCUT2D eigenvalue weighted by Crippen LogP contribution is -2.30. The number of nitrogens with one attached hydrogen (secondary N) is 2. The molecule has 0 heterocycles. The highest BCUT2D eigenvalue weighted by Crippen LogP contribution is 2.28. The predicted molar refractivity (Wildman–Crippen MR) is 151 cm³/mol. The van der Waals surface area contributed by atoms with Crippen molar-refractivity contribution in [1.29, 1.82) is 0 Å². The van der Waals surface area contributed by atoms with E-state index in [9.17, 15) is 0 Å². The van der Waals surface area contributed by atoms with Gasteiger partial charge in [-0.25, -0.2) is 0 Å². The Hall–Kier alpha value is -2.10. The number of hydrogen-bond acceptors (Lipinski definition) is 2. The van der Waals surface area contributed by atoms with Crippen molar-refractivity contribution >= 4 is 46.4 Å². The van der Waals surface area contributed by atoms with Gasteiger partial charge in [-0.3, -0.25) is 0 Å². The van der Waals surface area contributed by atoms with Gasteiger partial charge in [-0.15, -0.1) is 24.8 Å². The van der Waals surface area contributed by atoms with Crippen LogP contribution in [-0.4, -0.2) is 13.1 Å². The standard InChI is InChI=1S/C30H34N2.2ClH/c1-3-13-29-25(7-1)9-5-11-27(29)21-31-19-23-15-17-24(18-16-23)20-32-22-28-12-6-10-26-8-2-4-14-30(26)28;;/h1-14,23-24,31-32H,15-22H2;2*1H. The fourth-order valence-electron chi connectivity index (χ4n) is 5.35. The number of rotatable bonds is 8. The Bertz CT molecular complexity index is 1060. The summed E-state index contributed by atoms with van der Waals surface area (Å²) in [6.07, 6.45) is 5.40. The van der Waals surface area contributed by atoms with E-state index in [1.54, 1.807) is 0 Å². The number of halogens is 2. The molecule has 180 valence electrons. The molecule has 4 aromatic carbocycles. The lowest BCUT2D eigenvalue weighted by Gasteiger charge is -2.29. The van der Waals surface area contributed by atoms with Crippen LogP contribution in [0.3, 0.4) is 0 Å². The van der Waals surface area contributed by atoms with E-state index in [1.165, 1.54) is 58.4 Å². The van der Waals surface area contributed by atoms with Gasteiger partial charge < -0.3 is 10.6 Å². The third-order valence-corrected chi connectivity index (χ3v) is 7.22. The van der Waals surface area contributed by atoms with Gasteiger partial charge in [-0.1, -0.05) is 84.9 Å². The first kappa shape index (κ1) is 26.5. The van der Waals surface area contributed by atoms with Gasteiger partial charge in [0, 0.05) is 13.1 Å². The normalized spacial score (nSPS) is 17.8. The molecule has 1 aliphatic carbocycles. The van der Waals surface area contributed by atoms with Crippen molar-refractivity contribution in [3.8, 4) is 0 Å². The summed E-state index contributed by atoms with van der Waals surface area (Å²) in [6, 6.07) is 30.7. The first-order chi connectivity index (χ1) is 15.9. The van der Waals surface area contributed by atoms with Crippen LogP contribution in [0.25, 0.3) is 21.5 Å². The topological polar surface area (TPSA) is 24.1 Å². The minimum Gasteiger partial charge on any atom is -0.312 e. The fraction of sp³-hybridized carbons (Fsp3) is 0.333. The molecule has 0 aromatic heterocycles. The Morgan fingerprint density at radius 2 is 0.882 bits per heavy atom. The van der Waals surface area contributed by atoms with Crippen molar-refractivity contribution in [1.82, 2.24) is 10.6 Å².